The van der Waals surface area contributed by atoms with Crippen LogP contribution in [0.2, 0.25) is 5.02 Å². The highest BCUT2D eigenvalue weighted by Crippen LogP contribution is 2.27. The zero-order chi connectivity index (χ0) is 29.6. The summed E-state index contributed by atoms with van der Waals surface area (Å²) in [6, 6.07) is 18.1. The summed E-state index contributed by atoms with van der Waals surface area (Å²) in [5.74, 6) is -0.783. The maximum absolute atomic E-state index is 14.1. The van der Waals surface area contributed by atoms with E-state index in [9.17, 15) is 18.0 Å². The quantitative estimate of drug-likeness (QED) is 0.309. The minimum absolute atomic E-state index is 0.0823. The molecule has 0 saturated carbocycles. The third-order valence-electron chi connectivity index (χ3n) is 6.47. The van der Waals surface area contributed by atoms with Gasteiger partial charge in [0.25, 0.3) is 10.0 Å². The molecule has 0 unspecified atom stereocenters. The second-order valence-corrected chi connectivity index (χ2v) is 12.7. The minimum Gasteiger partial charge on any atom is -0.352 e. The van der Waals surface area contributed by atoms with E-state index in [2.05, 4.69) is 5.32 Å². The molecule has 2 amide bonds. The number of hydrogen-bond acceptors (Lipinski definition) is 4. The first-order chi connectivity index (χ1) is 18.8. The molecule has 0 bridgehead atoms. The van der Waals surface area contributed by atoms with Gasteiger partial charge >= 0.3 is 0 Å². The molecule has 0 aliphatic carbocycles. The van der Waals surface area contributed by atoms with Crippen molar-refractivity contribution in [2.45, 2.75) is 71.5 Å². The van der Waals surface area contributed by atoms with Crippen LogP contribution in [-0.4, -0.2) is 43.8 Å². The van der Waals surface area contributed by atoms with Crippen molar-refractivity contribution in [1.82, 2.24) is 10.2 Å². The van der Waals surface area contributed by atoms with Crippen molar-refractivity contribution in [2.24, 2.45) is 0 Å². The van der Waals surface area contributed by atoms with E-state index in [0.29, 0.717) is 17.1 Å². The third kappa shape index (κ3) is 7.86. The van der Waals surface area contributed by atoms with Gasteiger partial charge in [-0.3, -0.25) is 13.9 Å². The van der Waals surface area contributed by atoms with Gasteiger partial charge in [0.2, 0.25) is 11.8 Å². The molecule has 0 heterocycles. The van der Waals surface area contributed by atoms with Gasteiger partial charge in [-0.2, -0.15) is 0 Å². The van der Waals surface area contributed by atoms with Gasteiger partial charge in [0.05, 0.1) is 10.6 Å². The predicted octanol–water partition coefficient (Wildman–Crippen LogP) is 5.79. The topological polar surface area (TPSA) is 86.8 Å². The summed E-state index contributed by atoms with van der Waals surface area (Å²) in [6.45, 7) is 10.8. The fourth-order valence-electron chi connectivity index (χ4n) is 4.55. The van der Waals surface area contributed by atoms with Gasteiger partial charge in [0.1, 0.15) is 12.6 Å². The van der Waals surface area contributed by atoms with Crippen LogP contribution in [0.3, 0.4) is 0 Å². The van der Waals surface area contributed by atoms with Crippen molar-refractivity contribution < 1.29 is 18.0 Å². The van der Waals surface area contributed by atoms with E-state index in [1.54, 1.807) is 60.7 Å². The first kappa shape index (κ1) is 31.2. The lowest BCUT2D eigenvalue weighted by atomic mass is 10.1. The molecule has 0 spiro atoms. The first-order valence-corrected chi connectivity index (χ1v) is 15.2. The lowest BCUT2D eigenvalue weighted by molar-refractivity contribution is -0.140. The Morgan fingerprint density at radius 2 is 1.45 bits per heavy atom. The average molecular weight is 584 g/mol. The number of rotatable bonds is 11. The molecule has 7 nitrogen and oxygen atoms in total. The molecule has 0 fully saturated rings. The molecular weight excluding hydrogens is 546 g/mol. The smallest absolute Gasteiger partial charge is 0.264 e. The Balaban J connectivity index is 2.09. The van der Waals surface area contributed by atoms with Crippen LogP contribution in [0.5, 0.6) is 0 Å². The molecule has 1 atom stereocenters. The molecule has 214 valence electrons. The monoisotopic (exact) mass is 583 g/mol. The number of nitrogens with one attached hydrogen (secondary N) is 1. The number of amides is 2. The normalized spacial score (nSPS) is 12.2. The highest BCUT2D eigenvalue weighted by Gasteiger charge is 2.34. The number of carbonyl (C=O) groups is 2. The molecule has 0 radical (unpaired) electrons. The maximum Gasteiger partial charge on any atom is 0.264 e. The molecule has 0 saturated heterocycles. The summed E-state index contributed by atoms with van der Waals surface area (Å²) in [5, 5.41) is 3.45. The Hall–Kier alpha value is -3.36. The standard InChI is InChI=1S/C31H38ClN3O4S/c1-7-29(31(37)33-21(2)3)34(19-25-10-12-26(32)13-11-25)30(36)20-35(27-17-23(5)16-24(6)18-27)40(38,39)28-14-8-22(4)9-15-28/h8-18,21,29H,7,19-20H2,1-6H3,(H,33,37)/t29-/m0/s1. The van der Waals surface area contributed by atoms with Crippen LogP contribution in [0.4, 0.5) is 5.69 Å². The summed E-state index contributed by atoms with van der Waals surface area (Å²) in [7, 11) is -4.12. The molecule has 3 aromatic carbocycles. The number of hydrogen-bond donors (Lipinski definition) is 1. The zero-order valence-electron chi connectivity index (χ0n) is 23.9. The Morgan fingerprint density at radius 3 is 1.98 bits per heavy atom. The van der Waals surface area contributed by atoms with Gasteiger partial charge in [0.15, 0.2) is 0 Å². The highest BCUT2D eigenvalue weighted by atomic mass is 35.5. The van der Waals surface area contributed by atoms with E-state index >= 15 is 0 Å². The Bertz CT molecular complexity index is 1420. The number of aryl methyl sites for hydroxylation is 3. The largest absolute Gasteiger partial charge is 0.352 e. The van der Waals surface area contributed by atoms with Crippen LogP contribution in [0.25, 0.3) is 0 Å². The van der Waals surface area contributed by atoms with Crippen molar-refractivity contribution in [3.05, 3.63) is 94.0 Å². The van der Waals surface area contributed by atoms with Gasteiger partial charge in [-0.1, -0.05) is 54.4 Å². The van der Waals surface area contributed by atoms with Crippen LogP contribution in [0.15, 0.2) is 71.6 Å². The minimum atomic E-state index is -4.12. The number of carbonyl (C=O) groups excluding carboxylic acids is 2. The Kier molecular flexibility index (Phi) is 10.4. The summed E-state index contributed by atoms with van der Waals surface area (Å²) in [5.41, 5.74) is 3.81. The highest BCUT2D eigenvalue weighted by molar-refractivity contribution is 7.92. The zero-order valence-corrected chi connectivity index (χ0v) is 25.5. The number of benzene rings is 3. The van der Waals surface area contributed by atoms with E-state index in [-0.39, 0.29) is 23.4 Å². The van der Waals surface area contributed by atoms with Gasteiger partial charge in [-0.15, -0.1) is 0 Å². The van der Waals surface area contributed by atoms with Gasteiger partial charge in [-0.05, 0) is 94.1 Å². The molecule has 0 aliphatic heterocycles. The van der Waals surface area contributed by atoms with E-state index in [1.165, 1.54) is 4.90 Å². The van der Waals surface area contributed by atoms with Crippen LogP contribution in [-0.2, 0) is 26.2 Å². The maximum atomic E-state index is 14.1. The van der Waals surface area contributed by atoms with E-state index in [1.807, 2.05) is 47.6 Å². The predicted molar refractivity (Wildman–Crippen MR) is 161 cm³/mol. The molecule has 9 heteroatoms. The summed E-state index contributed by atoms with van der Waals surface area (Å²) >= 11 is 6.07. The van der Waals surface area contributed by atoms with E-state index in [4.69, 9.17) is 11.6 Å². The molecule has 40 heavy (non-hydrogen) atoms. The van der Waals surface area contributed by atoms with Gasteiger partial charge in [0, 0.05) is 17.6 Å². The Morgan fingerprint density at radius 1 is 0.875 bits per heavy atom. The van der Waals surface area contributed by atoms with Gasteiger partial charge < -0.3 is 10.2 Å². The van der Waals surface area contributed by atoms with Crippen LogP contribution >= 0.6 is 11.6 Å². The van der Waals surface area contributed by atoms with Crippen LogP contribution < -0.4 is 9.62 Å². The summed E-state index contributed by atoms with van der Waals surface area (Å²) in [6.07, 6.45) is 0.353. The second kappa shape index (κ2) is 13.3. The van der Waals surface area contributed by atoms with Crippen molar-refractivity contribution >= 4 is 39.1 Å². The number of halogens is 1. The van der Waals surface area contributed by atoms with Crippen LogP contribution in [0, 0.1) is 20.8 Å². The molecule has 0 aromatic heterocycles. The molecule has 3 aromatic rings. The number of sulfonamides is 1. The number of anilines is 1. The van der Waals surface area contributed by atoms with Gasteiger partial charge in [-0.25, -0.2) is 8.42 Å². The van der Waals surface area contributed by atoms with Crippen LogP contribution in [0.1, 0.15) is 49.4 Å². The summed E-state index contributed by atoms with van der Waals surface area (Å²) in [4.78, 5) is 28.9. The fourth-order valence-corrected chi connectivity index (χ4v) is 6.07. The van der Waals surface area contributed by atoms with Crippen molar-refractivity contribution in [1.29, 1.82) is 0 Å². The Labute approximate surface area is 243 Å². The van der Waals surface area contributed by atoms with E-state index in [0.717, 1.165) is 26.6 Å². The van der Waals surface area contributed by atoms with Crippen molar-refractivity contribution in [3.8, 4) is 0 Å². The molecule has 3 rings (SSSR count). The second-order valence-electron chi connectivity index (χ2n) is 10.4. The molecule has 1 N–H and O–H groups in total. The SMILES string of the molecule is CC[C@@H](C(=O)NC(C)C)N(Cc1ccc(Cl)cc1)C(=O)CN(c1cc(C)cc(C)c1)S(=O)(=O)c1ccc(C)cc1. The lowest BCUT2D eigenvalue weighted by Crippen LogP contribution is -2.53. The van der Waals surface area contributed by atoms with Crippen molar-refractivity contribution in [3.63, 3.8) is 0 Å². The number of nitrogens with zero attached hydrogens (tertiary/aromatic N) is 2. The third-order valence-corrected chi connectivity index (χ3v) is 8.51. The van der Waals surface area contributed by atoms with Crippen molar-refractivity contribution in [2.75, 3.05) is 10.8 Å². The lowest BCUT2D eigenvalue weighted by Gasteiger charge is -2.33. The van der Waals surface area contributed by atoms with E-state index < -0.39 is 28.5 Å². The molecule has 0 aliphatic rings. The average Bonchev–Trinajstić information content (AvgIpc) is 2.87. The summed E-state index contributed by atoms with van der Waals surface area (Å²) < 4.78 is 29.1. The molecular formula is C31H38ClN3O4S. The first-order valence-electron chi connectivity index (χ1n) is 13.3. The fraction of sp³-hybridized carbons (Fsp3) is 0.355.